The van der Waals surface area contributed by atoms with Crippen LogP contribution in [-0.2, 0) is 36.8 Å². The van der Waals surface area contributed by atoms with Gasteiger partial charge in [-0.3, -0.25) is 14.4 Å². The number of likely N-dealkylation sites (tertiary alicyclic amines) is 1. The molecule has 0 radical (unpaired) electrons. The number of ether oxygens (including phenoxy) is 2. The Bertz CT molecular complexity index is 1380. The Morgan fingerprint density at radius 2 is 1.62 bits per heavy atom. The fourth-order valence-electron chi connectivity index (χ4n) is 7.26. The van der Waals surface area contributed by atoms with Crippen molar-refractivity contribution in [2.75, 3.05) is 19.8 Å². The number of esters is 1. The van der Waals surface area contributed by atoms with Gasteiger partial charge in [0.05, 0.1) is 30.8 Å². The molecule has 42 heavy (non-hydrogen) atoms. The number of fused-ring (bicyclic) bond motifs is 2. The Hall–Kier alpha value is -3.75. The van der Waals surface area contributed by atoms with E-state index in [2.05, 4.69) is 0 Å². The lowest BCUT2D eigenvalue weighted by Gasteiger charge is -2.40. The first-order valence-electron chi connectivity index (χ1n) is 14.9. The Labute approximate surface area is 246 Å². The Morgan fingerprint density at radius 1 is 0.905 bits per heavy atom. The summed E-state index contributed by atoms with van der Waals surface area (Å²) in [5.74, 6) is -3.05. The van der Waals surface area contributed by atoms with E-state index in [-0.39, 0.29) is 25.0 Å². The third-order valence-electron chi connectivity index (χ3n) is 9.16. The zero-order valence-electron chi connectivity index (χ0n) is 23.9. The lowest BCUT2D eigenvalue weighted by Crippen LogP contribution is -2.59. The highest BCUT2D eigenvalue weighted by Gasteiger charge is 2.75. The number of hydrogen-bond acceptors (Lipinski definition) is 6. The van der Waals surface area contributed by atoms with E-state index in [4.69, 9.17) is 9.47 Å². The number of benzene rings is 2. The van der Waals surface area contributed by atoms with Gasteiger partial charge in [0.25, 0.3) is 0 Å². The first-order valence-corrected chi connectivity index (χ1v) is 14.9. The number of aliphatic hydroxyl groups is 1. The van der Waals surface area contributed by atoms with Gasteiger partial charge >= 0.3 is 5.97 Å². The van der Waals surface area contributed by atoms with Crippen molar-refractivity contribution in [2.45, 2.75) is 62.4 Å². The molecule has 1 unspecified atom stereocenters. The molecule has 8 heteroatoms. The van der Waals surface area contributed by atoms with Crippen LogP contribution < -0.4 is 0 Å². The second kappa shape index (κ2) is 11.5. The molecule has 1 spiro atoms. The van der Waals surface area contributed by atoms with Gasteiger partial charge in [-0.15, -0.1) is 0 Å². The quantitative estimate of drug-likeness (QED) is 0.422. The fraction of sp³-hybridized carbons (Fsp3) is 0.441. The van der Waals surface area contributed by atoms with Crippen LogP contribution in [0.1, 0.15) is 37.3 Å². The molecule has 2 aromatic carbocycles. The molecule has 2 aromatic rings. The van der Waals surface area contributed by atoms with Crippen LogP contribution in [0.3, 0.4) is 0 Å². The number of carbonyl (C=O) groups excluding carboxylic acids is 3. The van der Waals surface area contributed by atoms with Crippen molar-refractivity contribution < 1.29 is 29.0 Å². The van der Waals surface area contributed by atoms with Gasteiger partial charge < -0.3 is 24.4 Å². The van der Waals surface area contributed by atoms with Crippen molar-refractivity contribution in [3.8, 4) is 0 Å². The zero-order chi connectivity index (χ0) is 29.3. The third-order valence-corrected chi connectivity index (χ3v) is 9.16. The minimum absolute atomic E-state index is 0.268. The standard InChI is InChI=1S/C34H38N2O6/c1-33-17-10-2-3-11-20-41-32(40)28(33)27-30(38)36(26(23-37)21-24-13-6-4-7-14-24)29-31(39)35(19-12-18-34(27,29)42-33)22-25-15-8-5-9-16-25/h4-10,12-18,26-29,37H,2-3,11,19-23H2,1H3/b17-10-/t26-,27+,28+,29?,33-,34+/m1/s1. The summed E-state index contributed by atoms with van der Waals surface area (Å²) in [4.78, 5) is 46.2. The van der Waals surface area contributed by atoms with Crippen molar-refractivity contribution >= 4 is 17.8 Å². The number of aliphatic hydroxyl groups excluding tert-OH is 1. The Balaban J connectivity index is 1.46. The summed E-state index contributed by atoms with van der Waals surface area (Å²) in [6.45, 7) is 2.43. The van der Waals surface area contributed by atoms with Crippen LogP contribution in [0.15, 0.2) is 85.0 Å². The first-order chi connectivity index (χ1) is 20.4. The highest BCUT2D eigenvalue weighted by molar-refractivity contribution is 5.99. The largest absolute Gasteiger partial charge is 0.465 e. The van der Waals surface area contributed by atoms with Crippen molar-refractivity contribution in [2.24, 2.45) is 11.8 Å². The van der Waals surface area contributed by atoms with E-state index < -0.39 is 41.1 Å². The molecule has 0 bridgehead atoms. The summed E-state index contributed by atoms with van der Waals surface area (Å²) in [6.07, 6.45) is 10.4. The van der Waals surface area contributed by atoms with Crippen LogP contribution >= 0.6 is 0 Å². The Morgan fingerprint density at radius 3 is 2.33 bits per heavy atom. The van der Waals surface area contributed by atoms with Crippen LogP contribution in [0.5, 0.6) is 0 Å². The number of amides is 2. The smallest absolute Gasteiger partial charge is 0.313 e. The number of cyclic esters (lactones) is 1. The summed E-state index contributed by atoms with van der Waals surface area (Å²) in [5, 5.41) is 10.7. The predicted molar refractivity (Wildman–Crippen MR) is 156 cm³/mol. The zero-order valence-corrected chi connectivity index (χ0v) is 23.9. The summed E-state index contributed by atoms with van der Waals surface area (Å²) in [6, 6.07) is 17.6. The molecular formula is C34H38N2O6. The van der Waals surface area contributed by atoms with Gasteiger partial charge in [-0.25, -0.2) is 0 Å². The molecule has 2 saturated heterocycles. The molecular weight excluding hydrogens is 532 g/mol. The van der Waals surface area contributed by atoms with Crippen LogP contribution in [0, 0.1) is 11.8 Å². The van der Waals surface area contributed by atoms with Crippen LogP contribution in [0.25, 0.3) is 0 Å². The maximum absolute atomic E-state index is 14.7. The highest BCUT2D eigenvalue weighted by atomic mass is 16.6. The molecule has 1 N–H and O–H groups in total. The van der Waals surface area contributed by atoms with Gasteiger partial charge in [0.1, 0.15) is 17.6 Å². The molecule has 2 amide bonds. The summed E-state index contributed by atoms with van der Waals surface area (Å²) in [5.41, 5.74) is -0.655. The van der Waals surface area contributed by atoms with Crippen LogP contribution in [0.4, 0.5) is 0 Å². The summed E-state index contributed by atoms with van der Waals surface area (Å²) >= 11 is 0. The average Bonchev–Trinajstić information content (AvgIpc) is 3.34. The normalized spacial score (nSPS) is 32.4. The second-order valence-electron chi connectivity index (χ2n) is 11.9. The van der Waals surface area contributed by atoms with Crippen LogP contribution in [-0.4, -0.2) is 75.7 Å². The monoisotopic (exact) mass is 570 g/mol. The van der Waals surface area contributed by atoms with Gasteiger partial charge in [0.15, 0.2) is 0 Å². The third kappa shape index (κ3) is 4.86. The van der Waals surface area contributed by atoms with E-state index in [1.54, 1.807) is 4.90 Å². The second-order valence-corrected chi connectivity index (χ2v) is 11.9. The topological polar surface area (TPSA) is 96.4 Å². The fourth-order valence-corrected chi connectivity index (χ4v) is 7.26. The van der Waals surface area contributed by atoms with Gasteiger partial charge in [0.2, 0.25) is 11.8 Å². The van der Waals surface area contributed by atoms with E-state index in [9.17, 15) is 19.5 Å². The van der Waals surface area contributed by atoms with Gasteiger partial charge in [-0.05, 0) is 43.7 Å². The number of carbonyl (C=O) groups is 3. The van der Waals surface area contributed by atoms with Crippen molar-refractivity contribution in [3.63, 3.8) is 0 Å². The van der Waals surface area contributed by atoms with Crippen molar-refractivity contribution in [3.05, 3.63) is 96.1 Å². The molecule has 4 aliphatic heterocycles. The van der Waals surface area contributed by atoms with Gasteiger partial charge in [0, 0.05) is 13.1 Å². The molecule has 8 nitrogen and oxygen atoms in total. The van der Waals surface area contributed by atoms with Gasteiger partial charge in [-0.1, -0.05) is 85.0 Å². The predicted octanol–water partition coefficient (Wildman–Crippen LogP) is 3.44. The molecule has 6 rings (SSSR count). The van der Waals surface area contributed by atoms with E-state index >= 15 is 0 Å². The van der Waals surface area contributed by atoms with E-state index in [1.165, 1.54) is 4.90 Å². The average molecular weight is 571 g/mol. The molecule has 2 fully saturated rings. The van der Waals surface area contributed by atoms with Crippen LogP contribution in [0.2, 0.25) is 0 Å². The maximum Gasteiger partial charge on any atom is 0.313 e. The Kier molecular flexibility index (Phi) is 7.77. The maximum atomic E-state index is 14.7. The van der Waals surface area contributed by atoms with E-state index in [0.29, 0.717) is 19.5 Å². The number of rotatable bonds is 6. The molecule has 0 aliphatic carbocycles. The molecule has 6 atom stereocenters. The lowest BCUT2D eigenvalue weighted by molar-refractivity contribution is -0.161. The SMILES string of the molecule is C[C@@]12/C=C\CCCCOC(=O)[C@@H]1[C@H]1C(=O)N([C@@H](CO)Cc3ccccc3)C3C(=O)N(Cc4ccccc4)CC=C[C@@]31O2. The highest BCUT2D eigenvalue weighted by Crippen LogP contribution is 2.57. The number of allylic oxidation sites excluding steroid dienone is 1. The number of nitrogens with zero attached hydrogens (tertiary/aromatic N) is 2. The first kappa shape index (κ1) is 28.4. The van der Waals surface area contributed by atoms with Gasteiger partial charge in [-0.2, -0.15) is 0 Å². The summed E-state index contributed by atoms with van der Waals surface area (Å²) < 4.78 is 12.6. The minimum atomic E-state index is -1.40. The molecule has 0 aromatic heterocycles. The molecule has 4 heterocycles. The van der Waals surface area contributed by atoms with Crippen molar-refractivity contribution in [1.29, 1.82) is 0 Å². The van der Waals surface area contributed by atoms with E-state index in [0.717, 1.165) is 30.4 Å². The molecule has 4 aliphatic rings. The van der Waals surface area contributed by atoms with Crippen molar-refractivity contribution in [1.82, 2.24) is 9.80 Å². The number of hydrogen-bond donors (Lipinski definition) is 1. The van der Waals surface area contributed by atoms with E-state index in [1.807, 2.05) is 91.9 Å². The molecule has 220 valence electrons. The summed E-state index contributed by atoms with van der Waals surface area (Å²) in [7, 11) is 0. The minimum Gasteiger partial charge on any atom is -0.465 e. The lowest BCUT2D eigenvalue weighted by atomic mass is 9.74. The molecule has 0 saturated carbocycles.